The van der Waals surface area contributed by atoms with Crippen LogP contribution in [-0.4, -0.2) is 18.5 Å². The number of anilines is 1. The Labute approximate surface area is 118 Å². The summed E-state index contributed by atoms with van der Waals surface area (Å²) in [5.41, 5.74) is 1.29. The number of nitrogens with zero attached hydrogens (tertiary/aromatic N) is 1. The van der Waals surface area contributed by atoms with Crippen molar-refractivity contribution in [2.75, 3.05) is 4.72 Å². The first-order valence-electron chi connectivity index (χ1n) is 6.12. The third kappa shape index (κ3) is 3.15. The van der Waals surface area contributed by atoms with Crippen LogP contribution in [0.1, 0.15) is 24.2 Å². The molecule has 6 heteroatoms. The Balaban J connectivity index is 2.36. The average molecular weight is 292 g/mol. The highest BCUT2D eigenvalue weighted by molar-refractivity contribution is 7.92. The number of rotatable bonds is 4. The summed E-state index contributed by atoms with van der Waals surface area (Å²) in [5, 5.41) is 9.52. The van der Waals surface area contributed by atoms with Gasteiger partial charge in [0.25, 0.3) is 10.0 Å². The predicted molar refractivity (Wildman–Crippen MR) is 76.9 cm³/mol. The Morgan fingerprint density at radius 3 is 2.65 bits per heavy atom. The van der Waals surface area contributed by atoms with Crippen LogP contribution < -0.4 is 4.72 Å². The van der Waals surface area contributed by atoms with Crippen molar-refractivity contribution in [1.82, 2.24) is 4.98 Å². The van der Waals surface area contributed by atoms with E-state index in [4.69, 9.17) is 0 Å². The molecule has 2 rings (SSSR count). The minimum absolute atomic E-state index is 0.0981. The summed E-state index contributed by atoms with van der Waals surface area (Å²) < 4.78 is 27.0. The molecule has 0 saturated heterocycles. The van der Waals surface area contributed by atoms with E-state index in [-0.39, 0.29) is 4.90 Å². The number of aryl methyl sites for hydroxylation is 1. The molecule has 2 aromatic rings. The van der Waals surface area contributed by atoms with Gasteiger partial charge in [0, 0.05) is 6.20 Å². The van der Waals surface area contributed by atoms with E-state index in [0.717, 1.165) is 5.56 Å². The molecule has 0 aliphatic rings. The van der Waals surface area contributed by atoms with Crippen LogP contribution in [-0.2, 0) is 10.0 Å². The van der Waals surface area contributed by atoms with E-state index in [1.807, 2.05) is 0 Å². The van der Waals surface area contributed by atoms with E-state index < -0.39 is 16.1 Å². The lowest BCUT2D eigenvalue weighted by molar-refractivity contribution is 0.199. The summed E-state index contributed by atoms with van der Waals surface area (Å²) >= 11 is 0. The molecule has 106 valence electrons. The molecule has 1 unspecified atom stereocenters. The number of aromatic nitrogens is 1. The van der Waals surface area contributed by atoms with Crippen LogP contribution >= 0.6 is 0 Å². The fourth-order valence-corrected chi connectivity index (χ4v) is 2.86. The molecule has 0 aliphatic heterocycles. The lowest BCUT2D eigenvalue weighted by atomic mass is 10.1. The Morgan fingerprint density at radius 2 is 2.00 bits per heavy atom. The maximum Gasteiger partial charge on any atom is 0.263 e. The number of nitrogens with one attached hydrogen (secondary N) is 1. The molecule has 1 heterocycles. The van der Waals surface area contributed by atoms with Crippen LogP contribution in [0.5, 0.6) is 0 Å². The molecule has 0 spiro atoms. The first kappa shape index (κ1) is 14.5. The molecule has 0 radical (unpaired) electrons. The monoisotopic (exact) mass is 292 g/mol. The van der Waals surface area contributed by atoms with Crippen molar-refractivity contribution in [3.05, 3.63) is 53.7 Å². The minimum atomic E-state index is -3.72. The lowest BCUT2D eigenvalue weighted by Crippen LogP contribution is -2.15. The largest absolute Gasteiger partial charge is 0.389 e. The van der Waals surface area contributed by atoms with E-state index in [2.05, 4.69) is 9.71 Å². The molecule has 1 aromatic heterocycles. The van der Waals surface area contributed by atoms with Crippen LogP contribution in [0, 0.1) is 6.92 Å². The van der Waals surface area contributed by atoms with Crippen LogP contribution in [0.4, 0.5) is 5.82 Å². The number of aliphatic hydroxyl groups is 1. The van der Waals surface area contributed by atoms with Crippen LogP contribution in [0.25, 0.3) is 0 Å². The van der Waals surface area contributed by atoms with E-state index in [1.54, 1.807) is 38.1 Å². The van der Waals surface area contributed by atoms with Gasteiger partial charge in [-0.2, -0.15) is 0 Å². The standard InChI is InChI=1S/C14H16N2O3S/c1-10-5-4-8-15-14(10)16-20(18,19)13-7-3-6-12(9-13)11(2)17/h3-9,11,17H,1-2H3,(H,15,16). The average Bonchev–Trinajstić information content (AvgIpc) is 2.41. The number of aliphatic hydroxyl groups excluding tert-OH is 1. The van der Waals surface area contributed by atoms with E-state index in [9.17, 15) is 13.5 Å². The van der Waals surface area contributed by atoms with Crippen molar-refractivity contribution in [2.24, 2.45) is 0 Å². The van der Waals surface area contributed by atoms with Gasteiger partial charge < -0.3 is 5.11 Å². The second-order valence-corrected chi connectivity index (χ2v) is 6.21. The Morgan fingerprint density at radius 1 is 1.25 bits per heavy atom. The van der Waals surface area contributed by atoms with Gasteiger partial charge in [0.2, 0.25) is 0 Å². The number of sulfonamides is 1. The molecule has 20 heavy (non-hydrogen) atoms. The smallest absolute Gasteiger partial charge is 0.263 e. The summed E-state index contributed by atoms with van der Waals surface area (Å²) in [6.45, 7) is 3.36. The third-order valence-electron chi connectivity index (χ3n) is 2.89. The molecular formula is C14H16N2O3S. The third-order valence-corrected chi connectivity index (χ3v) is 4.23. The molecule has 0 bridgehead atoms. The van der Waals surface area contributed by atoms with Gasteiger partial charge >= 0.3 is 0 Å². The number of hydrogen-bond acceptors (Lipinski definition) is 4. The van der Waals surface area contributed by atoms with E-state index in [0.29, 0.717) is 11.4 Å². The van der Waals surface area contributed by atoms with Gasteiger partial charge in [0.15, 0.2) is 0 Å². The Kier molecular flexibility index (Phi) is 4.06. The fraction of sp³-hybridized carbons (Fsp3) is 0.214. The minimum Gasteiger partial charge on any atom is -0.389 e. The first-order chi connectivity index (χ1) is 9.40. The highest BCUT2D eigenvalue weighted by Gasteiger charge is 2.17. The molecule has 1 aromatic carbocycles. The zero-order chi connectivity index (χ0) is 14.8. The van der Waals surface area contributed by atoms with E-state index in [1.165, 1.54) is 18.3 Å². The topological polar surface area (TPSA) is 79.3 Å². The van der Waals surface area contributed by atoms with Gasteiger partial charge in [0.1, 0.15) is 5.82 Å². The number of benzene rings is 1. The molecular weight excluding hydrogens is 276 g/mol. The van der Waals surface area contributed by atoms with Crippen LogP contribution in [0.15, 0.2) is 47.5 Å². The lowest BCUT2D eigenvalue weighted by Gasteiger charge is -2.11. The van der Waals surface area contributed by atoms with Gasteiger partial charge in [-0.15, -0.1) is 0 Å². The number of pyridine rings is 1. The van der Waals surface area contributed by atoms with Gasteiger partial charge in [-0.3, -0.25) is 4.72 Å². The second-order valence-electron chi connectivity index (χ2n) is 4.52. The van der Waals surface area contributed by atoms with Crippen molar-refractivity contribution in [1.29, 1.82) is 0 Å². The van der Waals surface area contributed by atoms with E-state index >= 15 is 0 Å². The maximum absolute atomic E-state index is 12.3. The SMILES string of the molecule is Cc1cccnc1NS(=O)(=O)c1cccc(C(C)O)c1. The predicted octanol–water partition coefficient (Wildman–Crippen LogP) is 2.24. The quantitative estimate of drug-likeness (QED) is 0.905. The Bertz CT molecular complexity index is 712. The second kappa shape index (κ2) is 5.60. The van der Waals surface area contributed by atoms with Crippen molar-refractivity contribution in [2.45, 2.75) is 24.8 Å². The number of hydrogen-bond donors (Lipinski definition) is 2. The summed E-state index contributed by atoms with van der Waals surface area (Å²) in [7, 11) is -3.72. The molecule has 0 amide bonds. The highest BCUT2D eigenvalue weighted by Crippen LogP contribution is 2.20. The molecule has 2 N–H and O–H groups in total. The molecule has 0 aliphatic carbocycles. The van der Waals surface area contributed by atoms with Gasteiger partial charge in [-0.1, -0.05) is 18.2 Å². The van der Waals surface area contributed by atoms with Crippen LogP contribution in [0.2, 0.25) is 0 Å². The summed E-state index contributed by atoms with van der Waals surface area (Å²) in [6.07, 6.45) is 0.804. The van der Waals surface area contributed by atoms with Crippen LogP contribution in [0.3, 0.4) is 0 Å². The highest BCUT2D eigenvalue weighted by atomic mass is 32.2. The molecule has 0 fully saturated rings. The van der Waals surface area contributed by atoms with Gasteiger partial charge in [0.05, 0.1) is 11.0 Å². The fourth-order valence-electron chi connectivity index (χ4n) is 1.72. The van der Waals surface area contributed by atoms with Crippen molar-refractivity contribution in [3.63, 3.8) is 0 Å². The normalized spacial score (nSPS) is 12.9. The Hall–Kier alpha value is -1.92. The molecule has 1 atom stereocenters. The molecule has 0 saturated carbocycles. The summed E-state index contributed by atoms with van der Waals surface area (Å²) in [6, 6.07) is 9.72. The maximum atomic E-state index is 12.3. The van der Waals surface area contributed by atoms with Crippen molar-refractivity contribution in [3.8, 4) is 0 Å². The summed E-state index contributed by atoms with van der Waals surface area (Å²) in [4.78, 5) is 4.10. The zero-order valence-electron chi connectivity index (χ0n) is 11.2. The zero-order valence-corrected chi connectivity index (χ0v) is 12.1. The van der Waals surface area contributed by atoms with Gasteiger partial charge in [-0.25, -0.2) is 13.4 Å². The van der Waals surface area contributed by atoms with Crippen molar-refractivity contribution >= 4 is 15.8 Å². The van der Waals surface area contributed by atoms with Gasteiger partial charge in [-0.05, 0) is 43.2 Å². The first-order valence-corrected chi connectivity index (χ1v) is 7.61. The van der Waals surface area contributed by atoms with Crippen molar-refractivity contribution < 1.29 is 13.5 Å². The summed E-state index contributed by atoms with van der Waals surface area (Å²) in [5.74, 6) is 0.301. The molecule has 5 nitrogen and oxygen atoms in total.